The van der Waals surface area contributed by atoms with Gasteiger partial charge in [0.2, 0.25) is 12.5 Å². The molecule has 3 heterocycles. The molecule has 136 valence electrons. The molecule has 0 spiro atoms. The van der Waals surface area contributed by atoms with Crippen molar-refractivity contribution in [1.29, 1.82) is 0 Å². The van der Waals surface area contributed by atoms with Crippen LogP contribution in [0.15, 0.2) is 41.2 Å². The van der Waals surface area contributed by atoms with Gasteiger partial charge in [0, 0.05) is 11.3 Å². The number of methoxy groups -OCH3 is 1. The molecule has 0 bridgehead atoms. The molecule has 0 saturated heterocycles. The summed E-state index contributed by atoms with van der Waals surface area (Å²) in [4.78, 5) is 28.0. The zero-order chi connectivity index (χ0) is 18.5. The van der Waals surface area contributed by atoms with Crippen LogP contribution in [0.5, 0.6) is 23.0 Å². The predicted octanol–water partition coefficient (Wildman–Crippen LogP) is 2.71. The van der Waals surface area contributed by atoms with Crippen molar-refractivity contribution in [3.05, 3.63) is 57.9 Å². The van der Waals surface area contributed by atoms with E-state index in [1.165, 1.54) is 7.11 Å². The summed E-state index contributed by atoms with van der Waals surface area (Å²) >= 11 is 0. The van der Waals surface area contributed by atoms with Crippen molar-refractivity contribution in [1.82, 2.24) is 4.98 Å². The fraction of sp³-hybridized carbons (Fsp3) is 0.200. The van der Waals surface area contributed by atoms with E-state index >= 15 is 0 Å². The van der Waals surface area contributed by atoms with Crippen LogP contribution in [-0.4, -0.2) is 24.9 Å². The third-order valence-corrected chi connectivity index (χ3v) is 4.93. The highest BCUT2D eigenvalue weighted by atomic mass is 16.7. The van der Waals surface area contributed by atoms with Crippen LogP contribution in [0.4, 0.5) is 0 Å². The lowest BCUT2D eigenvalue weighted by Gasteiger charge is -2.25. The third-order valence-electron chi connectivity index (χ3n) is 4.93. The first-order valence-corrected chi connectivity index (χ1v) is 8.49. The van der Waals surface area contributed by atoms with Crippen molar-refractivity contribution in [2.75, 3.05) is 13.9 Å². The average Bonchev–Trinajstić information content (AvgIpc) is 3.15. The lowest BCUT2D eigenvalue weighted by atomic mass is 9.86. The molecule has 27 heavy (non-hydrogen) atoms. The molecule has 0 saturated carbocycles. The number of carbonyl (C=O) groups is 1. The molecule has 3 aromatic rings. The fourth-order valence-corrected chi connectivity index (χ4v) is 3.71. The van der Waals surface area contributed by atoms with Gasteiger partial charge in [-0.15, -0.1) is 0 Å². The van der Waals surface area contributed by atoms with Gasteiger partial charge in [-0.25, -0.2) is 0 Å². The largest absolute Gasteiger partial charge is 0.493 e. The number of benzene rings is 2. The summed E-state index contributed by atoms with van der Waals surface area (Å²) in [5, 5.41) is 0.692. The van der Waals surface area contributed by atoms with Crippen molar-refractivity contribution >= 4 is 16.9 Å². The van der Waals surface area contributed by atoms with Crippen LogP contribution in [0, 0.1) is 0 Å². The lowest BCUT2D eigenvalue weighted by molar-refractivity contribution is -0.135. The van der Waals surface area contributed by atoms with Gasteiger partial charge in [-0.3, -0.25) is 9.59 Å². The number of para-hydroxylation sites is 1. The Morgan fingerprint density at radius 3 is 2.81 bits per heavy atom. The number of esters is 1. The van der Waals surface area contributed by atoms with Crippen LogP contribution in [0.25, 0.3) is 10.9 Å². The minimum absolute atomic E-state index is 0.0528. The third kappa shape index (κ3) is 2.35. The molecule has 0 aliphatic carbocycles. The van der Waals surface area contributed by atoms with E-state index in [0.29, 0.717) is 39.5 Å². The highest BCUT2D eigenvalue weighted by Crippen LogP contribution is 2.47. The average molecular weight is 365 g/mol. The zero-order valence-electron chi connectivity index (χ0n) is 14.4. The molecule has 0 unspecified atom stereocenters. The fourth-order valence-electron chi connectivity index (χ4n) is 3.71. The molecule has 7 heteroatoms. The van der Waals surface area contributed by atoms with E-state index in [-0.39, 0.29) is 24.7 Å². The molecular weight excluding hydrogens is 350 g/mol. The van der Waals surface area contributed by atoms with Crippen LogP contribution >= 0.6 is 0 Å². The molecule has 1 N–H and O–H groups in total. The first-order valence-electron chi connectivity index (χ1n) is 8.49. The topological polar surface area (TPSA) is 86.9 Å². The summed E-state index contributed by atoms with van der Waals surface area (Å²) in [7, 11) is 1.53. The SMILES string of the molecule is COc1cc([C@@H]2CC(=O)Oc3c2c(=O)[nH]c2ccccc32)cc2c1OCO2. The molecular formula is C20H15NO6. The van der Waals surface area contributed by atoms with Crippen molar-refractivity contribution < 1.29 is 23.7 Å². The quantitative estimate of drug-likeness (QED) is 0.703. The van der Waals surface area contributed by atoms with E-state index in [9.17, 15) is 9.59 Å². The zero-order valence-corrected chi connectivity index (χ0v) is 14.4. The van der Waals surface area contributed by atoms with Crippen LogP contribution in [0.1, 0.15) is 23.5 Å². The summed E-state index contributed by atoms with van der Waals surface area (Å²) in [6.45, 7) is 0.101. The summed E-state index contributed by atoms with van der Waals surface area (Å²) in [6, 6.07) is 10.8. The highest BCUT2D eigenvalue weighted by molar-refractivity contribution is 5.91. The first-order chi connectivity index (χ1) is 13.2. The van der Waals surface area contributed by atoms with Crippen molar-refractivity contribution in [3.63, 3.8) is 0 Å². The summed E-state index contributed by atoms with van der Waals surface area (Å²) in [5.74, 6) is 0.997. The Labute approximate surface area is 153 Å². The highest BCUT2D eigenvalue weighted by Gasteiger charge is 2.34. The van der Waals surface area contributed by atoms with Gasteiger partial charge in [-0.1, -0.05) is 12.1 Å². The predicted molar refractivity (Wildman–Crippen MR) is 95.8 cm³/mol. The normalized spacial score (nSPS) is 17.5. The van der Waals surface area contributed by atoms with Gasteiger partial charge in [0.25, 0.3) is 5.56 Å². The minimum Gasteiger partial charge on any atom is -0.493 e. The number of carbonyl (C=O) groups excluding carboxylic acids is 1. The second kappa shape index (κ2) is 5.77. The van der Waals surface area contributed by atoms with Gasteiger partial charge < -0.3 is 23.9 Å². The molecule has 1 aromatic heterocycles. The standard InChI is InChI=1S/C20H15NO6/c1-24-14-6-10(7-15-19(14)26-9-25-15)12-8-16(22)27-18-11-4-2-3-5-13(11)21-20(23)17(12)18/h2-7,12H,8-9H2,1H3,(H,21,23)/t12-/m0/s1. The van der Waals surface area contributed by atoms with E-state index in [1.54, 1.807) is 18.2 Å². The van der Waals surface area contributed by atoms with E-state index in [0.717, 1.165) is 5.56 Å². The Bertz CT molecular complexity index is 1150. The molecule has 2 aromatic carbocycles. The Balaban J connectivity index is 1.76. The molecule has 0 fully saturated rings. The first kappa shape index (κ1) is 15.7. The molecule has 2 aliphatic rings. The van der Waals surface area contributed by atoms with E-state index < -0.39 is 5.92 Å². The summed E-state index contributed by atoms with van der Waals surface area (Å²) in [6.07, 6.45) is 0.0528. The number of fused-ring (bicyclic) bond motifs is 4. The molecule has 2 aliphatic heterocycles. The number of ether oxygens (including phenoxy) is 4. The Morgan fingerprint density at radius 2 is 1.96 bits per heavy atom. The number of H-pyrrole nitrogens is 1. The van der Waals surface area contributed by atoms with Gasteiger partial charge in [0.15, 0.2) is 11.5 Å². The minimum atomic E-state index is -0.474. The van der Waals surface area contributed by atoms with Crippen molar-refractivity contribution in [2.24, 2.45) is 0 Å². The monoisotopic (exact) mass is 365 g/mol. The maximum Gasteiger partial charge on any atom is 0.312 e. The van der Waals surface area contributed by atoms with Crippen molar-refractivity contribution in [3.8, 4) is 23.0 Å². The van der Waals surface area contributed by atoms with Gasteiger partial charge in [0.05, 0.1) is 24.6 Å². The maximum absolute atomic E-state index is 12.8. The second-order valence-corrected chi connectivity index (χ2v) is 6.43. The second-order valence-electron chi connectivity index (χ2n) is 6.43. The van der Waals surface area contributed by atoms with E-state index in [2.05, 4.69) is 4.98 Å². The van der Waals surface area contributed by atoms with Crippen LogP contribution < -0.4 is 24.5 Å². The number of aromatic amines is 1. The van der Waals surface area contributed by atoms with Crippen LogP contribution in [0.3, 0.4) is 0 Å². The Kier molecular flexibility index (Phi) is 3.36. The van der Waals surface area contributed by atoms with E-state index in [4.69, 9.17) is 18.9 Å². The number of nitrogens with one attached hydrogen (secondary N) is 1. The summed E-state index contributed by atoms with van der Waals surface area (Å²) in [5.41, 5.74) is 1.50. The smallest absolute Gasteiger partial charge is 0.312 e. The molecule has 1 atom stereocenters. The molecule has 7 nitrogen and oxygen atoms in total. The number of hydrogen-bond donors (Lipinski definition) is 1. The Hall–Kier alpha value is -3.48. The van der Waals surface area contributed by atoms with Crippen LogP contribution in [0.2, 0.25) is 0 Å². The molecule has 0 radical (unpaired) electrons. The summed E-state index contributed by atoms with van der Waals surface area (Å²) < 4.78 is 21.8. The number of hydrogen-bond acceptors (Lipinski definition) is 6. The number of pyridine rings is 1. The lowest BCUT2D eigenvalue weighted by Crippen LogP contribution is -2.28. The number of aromatic nitrogens is 1. The van der Waals surface area contributed by atoms with Gasteiger partial charge in [-0.05, 0) is 29.8 Å². The van der Waals surface area contributed by atoms with Crippen LogP contribution in [-0.2, 0) is 4.79 Å². The van der Waals surface area contributed by atoms with Crippen molar-refractivity contribution in [2.45, 2.75) is 12.3 Å². The van der Waals surface area contributed by atoms with Gasteiger partial charge in [0.1, 0.15) is 5.75 Å². The number of rotatable bonds is 2. The molecule has 5 rings (SSSR count). The maximum atomic E-state index is 12.8. The molecule has 0 amide bonds. The Morgan fingerprint density at radius 1 is 1.11 bits per heavy atom. The van der Waals surface area contributed by atoms with E-state index in [1.807, 2.05) is 18.2 Å². The van der Waals surface area contributed by atoms with Gasteiger partial charge >= 0.3 is 5.97 Å². The van der Waals surface area contributed by atoms with Gasteiger partial charge in [-0.2, -0.15) is 0 Å².